The summed E-state index contributed by atoms with van der Waals surface area (Å²) in [6, 6.07) is 8.34. The van der Waals surface area contributed by atoms with Crippen LogP contribution in [-0.4, -0.2) is 4.98 Å². The number of hydrogen-bond donors (Lipinski definition) is 1. The molecule has 0 unspecified atom stereocenters. The highest BCUT2D eigenvalue weighted by atomic mass is 14.7. The summed E-state index contributed by atoms with van der Waals surface area (Å²) in [6.45, 7) is 4.06. The van der Waals surface area contributed by atoms with E-state index in [9.17, 15) is 0 Å². The standard InChI is InChI=1S/C12H12N2/c1-3-9-5-4-6-10-11(7-13)8(2)14-12(9)10/h4-6,14H,3H2,1-2H3. The molecule has 0 atom stereocenters. The quantitative estimate of drug-likeness (QED) is 0.727. The van der Waals surface area contributed by atoms with Crippen LogP contribution in [-0.2, 0) is 6.42 Å². The number of hydrogen-bond acceptors (Lipinski definition) is 1. The number of aromatic amines is 1. The lowest BCUT2D eigenvalue weighted by atomic mass is 10.1. The lowest BCUT2D eigenvalue weighted by molar-refractivity contribution is 1.14. The molecule has 0 saturated carbocycles. The fourth-order valence-corrected chi connectivity index (χ4v) is 1.85. The minimum Gasteiger partial charge on any atom is -0.357 e. The predicted octanol–water partition coefficient (Wildman–Crippen LogP) is 2.91. The minimum absolute atomic E-state index is 0.773. The van der Waals surface area contributed by atoms with Crippen LogP contribution in [0.5, 0.6) is 0 Å². The maximum absolute atomic E-state index is 9.00. The van der Waals surface area contributed by atoms with Crippen LogP contribution < -0.4 is 0 Å². The number of H-pyrrole nitrogens is 1. The van der Waals surface area contributed by atoms with Gasteiger partial charge in [0.25, 0.3) is 0 Å². The van der Waals surface area contributed by atoms with Crippen molar-refractivity contribution >= 4 is 10.9 Å². The summed E-state index contributed by atoms with van der Waals surface area (Å²) in [7, 11) is 0. The first-order chi connectivity index (χ1) is 6.77. The van der Waals surface area contributed by atoms with Gasteiger partial charge in [-0.1, -0.05) is 25.1 Å². The van der Waals surface area contributed by atoms with E-state index in [0.717, 1.165) is 28.6 Å². The van der Waals surface area contributed by atoms with Gasteiger partial charge in [0.1, 0.15) is 6.07 Å². The molecule has 0 saturated heterocycles. The lowest BCUT2D eigenvalue weighted by Crippen LogP contribution is -1.81. The van der Waals surface area contributed by atoms with Gasteiger partial charge in [-0.05, 0) is 18.9 Å². The first-order valence-corrected chi connectivity index (χ1v) is 4.78. The van der Waals surface area contributed by atoms with Crippen LogP contribution in [0.25, 0.3) is 10.9 Å². The molecular weight excluding hydrogens is 172 g/mol. The van der Waals surface area contributed by atoms with Crippen LogP contribution in [0.2, 0.25) is 0 Å². The molecule has 1 N–H and O–H groups in total. The maximum atomic E-state index is 9.00. The average Bonchev–Trinajstić information content (AvgIpc) is 2.52. The molecule has 1 aromatic heterocycles. The minimum atomic E-state index is 0.773. The van der Waals surface area contributed by atoms with Crippen LogP contribution in [0, 0.1) is 18.3 Å². The van der Waals surface area contributed by atoms with E-state index >= 15 is 0 Å². The number of fused-ring (bicyclic) bond motifs is 1. The fourth-order valence-electron chi connectivity index (χ4n) is 1.85. The van der Waals surface area contributed by atoms with Crippen molar-refractivity contribution in [2.45, 2.75) is 20.3 Å². The second-order valence-electron chi connectivity index (χ2n) is 3.43. The predicted molar refractivity (Wildman–Crippen MR) is 57.1 cm³/mol. The van der Waals surface area contributed by atoms with E-state index < -0.39 is 0 Å². The fraction of sp³-hybridized carbons (Fsp3) is 0.250. The van der Waals surface area contributed by atoms with Crippen LogP contribution in [0.4, 0.5) is 0 Å². The topological polar surface area (TPSA) is 39.6 Å². The van der Waals surface area contributed by atoms with Crippen molar-refractivity contribution in [3.8, 4) is 6.07 Å². The zero-order valence-electron chi connectivity index (χ0n) is 8.39. The van der Waals surface area contributed by atoms with E-state index in [1.807, 2.05) is 19.1 Å². The van der Waals surface area contributed by atoms with Crippen molar-refractivity contribution in [3.63, 3.8) is 0 Å². The van der Waals surface area contributed by atoms with Gasteiger partial charge in [0.15, 0.2) is 0 Å². The van der Waals surface area contributed by atoms with Crippen molar-refractivity contribution in [2.75, 3.05) is 0 Å². The van der Waals surface area contributed by atoms with Crippen LogP contribution in [0.3, 0.4) is 0 Å². The Morgan fingerprint density at radius 3 is 2.86 bits per heavy atom. The molecule has 0 radical (unpaired) electrons. The molecule has 0 aliphatic rings. The van der Waals surface area contributed by atoms with Gasteiger partial charge in [-0.3, -0.25) is 0 Å². The summed E-state index contributed by atoms with van der Waals surface area (Å²) < 4.78 is 0. The highest BCUT2D eigenvalue weighted by Gasteiger charge is 2.09. The summed E-state index contributed by atoms with van der Waals surface area (Å²) in [5.74, 6) is 0. The molecule has 70 valence electrons. The van der Waals surface area contributed by atoms with Gasteiger partial charge in [-0.25, -0.2) is 0 Å². The first kappa shape index (κ1) is 8.83. The number of aryl methyl sites for hydroxylation is 2. The van der Waals surface area contributed by atoms with Gasteiger partial charge in [-0.15, -0.1) is 0 Å². The number of nitrogens with zero attached hydrogens (tertiary/aromatic N) is 1. The van der Waals surface area contributed by atoms with Gasteiger partial charge < -0.3 is 4.98 Å². The smallest absolute Gasteiger partial charge is 0.102 e. The monoisotopic (exact) mass is 184 g/mol. The zero-order valence-corrected chi connectivity index (χ0v) is 8.39. The van der Waals surface area contributed by atoms with Crippen LogP contribution in [0.15, 0.2) is 18.2 Å². The Hall–Kier alpha value is -1.75. The molecule has 1 heterocycles. The van der Waals surface area contributed by atoms with Crippen LogP contribution >= 0.6 is 0 Å². The van der Waals surface area contributed by atoms with Crippen LogP contribution in [0.1, 0.15) is 23.7 Å². The maximum Gasteiger partial charge on any atom is 0.102 e. The van der Waals surface area contributed by atoms with E-state index in [-0.39, 0.29) is 0 Å². The van der Waals surface area contributed by atoms with E-state index in [4.69, 9.17) is 5.26 Å². The molecule has 0 bridgehead atoms. The summed E-state index contributed by atoms with van der Waals surface area (Å²) in [5.41, 5.74) is 4.12. The Labute approximate surface area is 83.2 Å². The molecule has 1 aromatic carbocycles. The SMILES string of the molecule is CCc1cccc2c(C#N)c(C)[nH]c12. The van der Waals surface area contributed by atoms with E-state index in [1.54, 1.807) is 0 Å². The number of rotatable bonds is 1. The van der Waals surface area contributed by atoms with Gasteiger partial charge >= 0.3 is 0 Å². The van der Waals surface area contributed by atoms with Gasteiger partial charge in [0, 0.05) is 11.1 Å². The van der Waals surface area contributed by atoms with Crippen molar-refractivity contribution in [3.05, 3.63) is 35.0 Å². The number of aromatic nitrogens is 1. The van der Waals surface area contributed by atoms with E-state index in [1.165, 1.54) is 5.56 Å². The Balaban J connectivity index is 2.87. The van der Waals surface area contributed by atoms with E-state index in [2.05, 4.69) is 24.0 Å². The molecule has 14 heavy (non-hydrogen) atoms. The van der Waals surface area contributed by atoms with Gasteiger partial charge in [0.2, 0.25) is 0 Å². The van der Waals surface area contributed by atoms with Crippen molar-refractivity contribution in [2.24, 2.45) is 0 Å². The second-order valence-corrected chi connectivity index (χ2v) is 3.43. The zero-order chi connectivity index (χ0) is 10.1. The Kier molecular flexibility index (Phi) is 2.01. The molecule has 2 aromatic rings. The molecule has 0 amide bonds. The molecular formula is C12H12N2. The third kappa shape index (κ3) is 1.10. The Morgan fingerprint density at radius 2 is 2.21 bits per heavy atom. The van der Waals surface area contributed by atoms with Gasteiger partial charge in [0.05, 0.1) is 11.1 Å². The molecule has 0 aliphatic heterocycles. The molecule has 0 fully saturated rings. The number of nitriles is 1. The number of para-hydroxylation sites is 1. The summed E-state index contributed by atoms with van der Waals surface area (Å²) in [5, 5.41) is 10.0. The van der Waals surface area contributed by atoms with Crippen molar-refractivity contribution < 1.29 is 0 Å². The number of benzene rings is 1. The molecule has 0 spiro atoms. The molecule has 2 nitrogen and oxygen atoms in total. The average molecular weight is 184 g/mol. The second kappa shape index (κ2) is 3.19. The molecule has 2 rings (SSSR count). The largest absolute Gasteiger partial charge is 0.357 e. The lowest BCUT2D eigenvalue weighted by Gasteiger charge is -1.97. The summed E-state index contributed by atoms with van der Waals surface area (Å²) in [6.07, 6.45) is 0.988. The third-order valence-electron chi connectivity index (χ3n) is 2.60. The number of nitrogens with one attached hydrogen (secondary N) is 1. The molecule has 0 aliphatic carbocycles. The summed E-state index contributed by atoms with van der Waals surface area (Å²) in [4.78, 5) is 3.28. The normalized spacial score (nSPS) is 10.4. The molecule has 2 heteroatoms. The highest BCUT2D eigenvalue weighted by molar-refractivity contribution is 5.89. The summed E-state index contributed by atoms with van der Waals surface area (Å²) >= 11 is 0. The van der Waals surface area contributed by atoms with Crippen molar-refractivity contribution in [1.82, 2.24) is 4.98 Å². The first-order valence-electron chi connectivity index (χ1n) is 4.78. The Morgan fingerprint density at radius 1 is 1.43 bits per heavy atom. The highest BCUT2D eigenvalue weighted by Crippen LogP contribution is 2.24. The van der Waals surface area contributed by atoms with Crippen molar-refractivity contribution in [1.29, 1.82) is 5.26 Å². The van der Waals surface area contributed by atoms with E-state index in [0.29, 0.717) is 0 Å². The Bertz CT molecular complexity index is 515. The third-order valence-corrected chi connectivity index (χ3v) is 2.60. The van der Waals surface area contributed by atoms with Gasteiger partial charge in [-0.2, -0.15) is 5.26 Å².